The Morgan fingerprint density at radius 1 is 1.25 bits per heavy atom. The zero-order chi connectivity index (χ0) is 7.68. The molecule has 0 bridgehead atoms. The van der Waals surface area contributed by atoms with Gasteiger partial charge in [-0.15, -0.1) is 24.2 Å². The van der Waals surface area contributed by atoms with Crippen LogP contribution in [0, 0.1) is 0 Å². The van der Waals surface area contributed by atoms with Gasteiger partial charge in [0.05, 0.1) is 0 Å². The fourth-order valence-corrected chi connectivity index (χ4v) is 2.16. The molecule has 66 valence electrons. The Kier molecular flexibility index (Phi) is 3.44. The molecule has 0 unspecified atom stereocenters. The molecular weight excluding hydrogens is 190 g/mol. The molecule has 1 saturated carbocycles. The lowest BCUT2D eigenvalue weighted by atomic mass is 10.4. The summed E-state index contributed by atoms with van der Waals surface area (Å²) in [7, 11) is 0. The molecule has 0 heterocycles. The molecule has 1 nitrogen and oxygen atoms in total. The van der Waals surface area contributed by atoms with Crippen LogP contribution in [0.2, 0.25) is 0 Å². The lowest BCUT2D eigenvalue weighted by Crippen LogP contribution is -2.01. The average molecular weight is 202 g/mol. The van der Waals surface area contributed by atoms with Gasteiger partial charge in [-0.3, -0.25) is 0 Å². The van der Waals surface area contributed by atoms with Gasteiger partial charge in [0.2, 0.25) is 0 Å². The predicted molar refractivity (Wildman–Crippen MR) is 55.9 cm³/mol. The molecule has 3 heteroatoms. The first-order chi connectivity index (χ1) is 5.36. The van der Waals surface area contributed by atoms with Crippen LogP contribution in [-0.4, -0.2) is 11.3 Å². The Morgan fingerprint density at radius 2 is 1.83 bits per heavy atom. The number of rotatable bonds is 2. The largest absolute Gasteiger partial charge is 0.327 e. The molecule has 0 amide bonds. The summed E-state index contributed by atoms with van der Waals surface area (Å²) < 4.78 is 0. The van der Waals surface area contributed by atoms with E-state index in [1.54, 1.807) is 0 Å². The van der Waals surface area contributed by atoms with Crippen LogP contribution in [-0.2, 0) is 0 Å². The number of halogens is 1. The van der Waals surface area contributed by atoms with Crippen LogP contribution in [0.4, 0.5) is 0 Å². The molecule has 2 rings (SSSR count). The van der Waals surface area contributed by atoms with Gasteiger partial charge in [0, 0.05) is 16.2 Å². The summed E-state index contributed by atoms with van der Waals surface area (Å²) in [4.78, 5) is 1.34. The van der Waals surface area contributed by atoms with Crippen LogP contribution in [0.15, 0.2) is 35.2 Å². The van der Waals surface area contributed by atoms with Crippen LogP contribution in [0.25, 0.3) is 0 Å². The average Bonchev–Trinajstić information content (AvgIpc) is 2.69. The van der Waals surface area contributed by atoms with Crippen molar-refractivity contribution in [2.75, 3.05) is 0 Å². The Hall–Kier alpha value is -0.180. The van der Waals surface area contributed by atoms with Gasteiger partial charge in [0.1, 0.15) is 0 Å². The third kappa shape index (κ3) is 2.41. The van der Waals surface area contributed by atoms with Crippen LogP contribution < -0.4 is 5.73 Å². The summed E-state index contributed by atoms with van der Waals surface area (Å²) >= 11 is 1.89. The van der Waals surface area contributed by atoms with E-state index >= 15 is 0 Å². The van der Waals surface area contributed by atoms with Crippen molar-refractivity contribution in [1.29, 1.82) is 0 Å². The first kappa shape index (κ1) is 9.90. The normalized spacial score (nSPS) is 26.1. The van der Waals surface area contributed by atoms with E-state index in [1.165, 1.54) is 11.3 Å². The summed E-state index contributed by atoms with van der Waals surface area (Å²) in [5.74, 6) is 0. The molecule has 2 atom stereocenters. The van der Waals surface area contributed by atoms with Crippen molar-refractivity contribution >= 4 is 24.2 Å². The van der Waals surface area contributed by atoms with Crippen LogP contribution in [0.1, 0.15) is 6.42 Å². The Morgan fingerprint density at radius 3 is 2.33 bits per heavy atom. The summed E-state index contributed by atoms with van der Waals surface area (Å²) in [5, 5.41) is 0.678. The third-order valence-corrected chi connectivity index (χ3v) is 3.20. The standard InChI is InChI=1S/C9H11NS.ClH/c10-8-6-9(8)11-7-4-2-1-3-5-7;/h1-5,8-9H,6,10H2;1H/t8-,9-;/m1./s1. The van der Waals surface area contributed by atoms with Crippen molar-refractivity contribution in [2.24, 2.45) is 5.73 Å². The van der Waals surface area contributed by atoms with Gasteiger partial charge in [0.15, 0.2) is 0 Å². The van der Waals surface area contributed by atoms with Crippen LogP contribution in [0.5, 0.6) is 0 Å². The molecule has 0 radical (unpaired) electrons. The second-order valence-electron chi connectivity index (χ2n) is 2.87. The number of benzene rings is 1. The highest BCUT2D eigenvalue weighted by atomic mass is 35.5. The van der Waals surface area contributed by atoms with E-state index in [1.807, 2.05) is 17.8 Å². The van der Waals surface area contributed by atoms with Gasteiger partial charge in [0.25, 0.3) is 0 Å². The summed E-state index contributed by atoms with van der Waals surface area (Å²) in [6.07, 6.45) is 1.18. The van der Waals surface area contributed by atoms with Gasteiger partial charge in [-0.1, -0.05) is 18.2 Å². The van der Waals surface area contributed by atoms with E-state index < -0.39 is 0 Å². The fourth-order valence-electron chi connectivity index (χ4n) is 0.999. The van der Waals surface area contributed by atoms with Crippen molar-refractivity contribution in [3.05, 3.63) is 30.3 Å². The van der Waals surface area contributed by atoms with Crippen LogP contribution >= 0.6 is 24.2 Å². The highest BCUT2D eigenvalue weighted by Crippen LogP contribution is 2.37. The second-order valence-corrected chi connectivity index (χ2v) is 4.18. The molecule has 1 aromatic rings. The molecule has 1 aliphatic rings. The number of thioether (sulfide) groups is 1. The molecule has 1 fully saturated rings. The van der Waals surface area contributed by atoms with E-state index in [9.17, 15) is 0 Å². The number of hydrogen-bond acceptors (Lipinski definition) is 2. The van der Waals surface area contributed by atoms with E-state index in [0.29, 0.717) is 11.3 Å². The minimum Gasteiger partial charge on any atom is -0.327 e. The number of nitrogens with two attached hydrogens (primary N) is 1. The predicted octanol–water partition coefficient (Wildman–Crippen LogP) is 2.30. The zero-order valence-corrected chi connectivity index (χ0v) is 8.28. The van der Waals surface area contributed by atoms with Crippen molar-refractivity contribution in [1.82, 2.24) is 0 Å². The maximum Gasteiger partial charge on any atom is 0.0261 e. The molecule has 0 aromatic heterocycles. The van der Waals surface area contributed by atoms with Gasteiger partial charge in [-0.05, 0) is 18.6 Å². The Bertz CT molecular complexity index is 240. The van der Waals surface area contributed by atoms with Crippen molar-refractivity contribution in [2.45, 2.75) is 22.6 Å². The lowest BCUT2D eigenvalue weighted by molar-refractivity contribution is 1.07. The van der Waals surface area contributed by atoms with Gasteiger partial charge in [-0.25, -0.2) is 0 Å². The van der Waals surface area contributed by atoms with Gasteiger partial charge < -0.3 is 5.73 Å². The van der Waals surface area contributed by atoms with E-state index in [-0.39, 0.29) is 12.4 Å². The van der Waals surface area contributed by atoms with E-state index in [0.717, 1.165) is 0 Å². The highest BCUT2D eigenvalue weighted by molar-refractivity contribution is 8.00. The van der Waals surface area contributed by atoms with E-state index in [2.05, 4.69) is 24.3 Å². The van der Waals surface area contributed by atoms with Gasteiger partial charge >= 0.3 is 0 Å². The van der Waals surface area contributed by atoms with Crippen LogP contribution in [0.3, 0.4) is 0 Å². The number of hydrogen-bond donors (Lipinski definition) is 1. The first-order valence-corrected chi connectivity index (χ1v) is 4.71. The van der Waals surface area contributed by atoms with Crippen molar-refractivity contribution < 1.29 is 0 Å². The minimum atomic E-state index is 0. The summed E-state index contributed by atoms with van der Waals surface area (Å²) in [6, 6.07) is 10.9. The topological polar surface area (TPSA) is 26.0 Å². The third-order valence-electron chi connectivity index (χ3n) is 1.81. The Labute approximate surface area is 83.1 Å². The molecule has 0 saturated heterocycles. The maximum atomic E-state index is 5.69. The van der Waals surface area contributed by atoms with Crippen molar-refractivity contribution in [3.8, 4) is 0 Å². The molecule has 12 heavy (non-hydrogen) atoms. The molecular formula is C9H12ClNS. The zero-order valence-electron chi connectivity index (χ0n) is 6.64. The molecule has 2 N–H and O–H groups in total. The van der Waals surface area contributed by atoms with Gasteiger partial charge in [-0.2, -0.15) is 0 Å². The smallest absolute Gasteiger partial charge is 0.0261 e. The summed E-state index contributed by atoms with van der Waals surface area (Å²) in [6.45, 7) is 0. The van der Waals surface area contributed by atoms with E-state index in [4.69, 9.17) is 5.73 Å². The summed E-state index contributed by atoms with van der Waals surface area (Å²) in [5.41, 5.74) is 5.69. The quantitative estimate of drug-likeness (QED) is 0.795. The Balaban J connectivity index is 0.000000720. The molecule has 1 aromatic carbocycles. The first-order valence-electron chi connectivity index (χ1n) is 3.83. The molecule has 0 spiro atoms. The molecule has 1 aliphatic carbocycles. The maximum absolute atomic E-state index is 5.69. The fraction of sp³-hybridized carbons (Fsp3) is 0.333. The lowest BCUT2D eigenvalue weighted by Gasteiger charge is -1.96. The highest BCUT2D eigenvalue weighted by Gasteiger charge is 2.33. The molecule has 0 aliphatic heterocycles. The second kappa shape index (κ2) is 4.17. The van der Waals surface area contributed by atoms with Crippen molar-refractivity contribution in [3.63, 3.8) is 0 Å². The monoisotopic (exact) mass is 201 g/mol. The minimum absolute atomic E-state index is 0. The SMILES string of the molecule is Cl.N[C@@H]1C[C@H]1Sc1ccccc1.